The summed E-state index contributed by atoms with van der Waals surface area (Å²) < 4.78 is 0. The maximum absolute atomic E-state index is 11.1. The largest absolute Gasteiger partial charge is 0.337 e. The molecule has 2 amide bonds. The zero-order valence-corrected chi connectivity index (χ0v) is 9.34. The highest BCUT2D eigenvalue weighted by molar-refractivity contribution is 5.73. The first-order valence-electron chi connectivity index (χ1n) is 5.28. The lowest BCUT2D eigenvalue weighted by Gasteiger charge is -2.33. The van der Waals surface area contributed by atoms with Crippen molar-refractivity contribution in [3.05, 3.63) is 0 Å². The van der Waals surface area contributed by atoms with Crippen LogP contribution in [-0.2, 0) is 0 Å². The second-order valence-electron chi connectivity index (χ2n) is 4.35. The van der Waals surface area contributed by atoms with Crippen LogP contribution in [0.15, 0.2) is 0 Å². The van der Waals surface area contributed by atoms with Crippen LogP contribution in [0.4, 0.5) is 4.79 Å². The first-order chi connectivity index (χ1) is 6.59. The van der Waals surface area contributed by atoms with Crippen molar-refractivity contribution < 1.29 is 4.79 Å². The molecule has 1 aliphatic rings. The van der Waals surface area contributed by atoms with Gasteiger partial charge in [-0.05, 0) is 18.8 Å². The molecule has 0 aromatic rings. The molecule has 1 rings (SSSR count). The Kier molecular flexibility index (Phi) is 4.20. The van der Waals surface area contributed by atoms with Gasteiger partial charge < -0.3 is 15.5 Å². The number of carbonyl (C=O) groups excluding carboxylic acids is 1. The minimum atomic E-state index is -0.0197. The fourth-order valence-electron chi connectivity index (χ4n) is 1.67. The van der Waals surface area contributed by atoms with Crippen LogP contribution in [0.25, 0.3) is 0 Å². The molecule has 0 heterocycles. The summed E-state index contributed by atoms with van der Waals surface area (Å²) in [5, 5.41) is 6.23. The van der Waals surface area contributed by atoms with Gasteiger partial charge in [-0.3, -0.25) is 0 Å². The molecule has 0 saturated heterocycles. The monoisotopic (exact) mass is 199 g/mol. The van der Waals surface area contributed by atoms with Gasteiger partial charge in [0, 0.05) is 33.2 Å². The van der Waals surface area contributed by atoms with Gasteiger partial charge in [-0.25, -0.2) is 4.79 Å². The lowest BCUT2D eigenvalue weighted by Crippen LogP contribution is -2.44. The van der Waals surface area contributed by atoms with Crippen molar-refractivity contribution in [2.24, 2.45) is 5.92 Å². The second-order valence-corrected chi connectivity index (χ2v) is 4.35. The molecule has 4 nitrogen and oxygen atoms in total. The van der Waals surface area contributed by atoms with E-state index in [4.69, 9.17) is 0 Å². The Hall–Kier alpha value is -0.770. The van der Waals surface area contributed by atoms with E-state index < -0.39 is 0 Å². The summed E-state index contributed by atoms with van der Waals surface area (Å²) in [6, 6.07) is 0.662. The van der Waals surface area contributed by atoms with Crippen LogP contribution in [0.3, 0.4) is 0 Å². The number of rotatable bonds is 4. The van der Waals surface area contributed by atoms with E-state index in [0.29, 0.717) is 12.6 Å². The van der Waals surface area contributed by atoms with E-state index in [1.54, 1.807) is 19.0 Å². The van der Waals surface area contributed by atoms with Crippen LogP contribution < -0.4 is 10.6 Å². The Balaban J connectivity index is 1.92. The van der Waals surface area contributed by atoms with E-state index in [1.807, 2.05) is 0 Å². The minimum Gasteiger partial charge on any atom is -0.337 e. The van der Waals surface area contributed by atoms with Crippen molar-refractivity contribution in [3.63, 3.8) is 0 Å². The second kappa shape index (κ2) is 5.20. The number of amides is 2. The number of carbonyl (C=O) groups is 1. The summed E-state index contributed by atoms with van der Waals surface area (Å²) >= 11 is 0. The standard InChI is InChI=1S/C10H21N3O/c1-8-6-9(7-8)11-4-5-12-10(14)13(2)3/h8-9,11H,4-7H2,1-3H3,(H,12,14). The molecule has 14 heavy (non-hydrogen) atoms. The van der Waals surface area contributed by atoms with E-state index >= 15 is 0 Å². The molecule has 1 aliphatic carbocycles. The average molecular weight is 199 g/mol. The fourth-order valence-corrected chi connectivity index (χ4v) is 1.67. The van der Waals surface area contributed by atoms with E-state index in [0.717, 1.165) is 12.5 Å². The number of nitrogens with zero attached hydrogens (tertiary/aromatic N) is 1. The van der Waals surface area contributed by atoms with Crippen molar-refractivity contribution >= 4 is 6.03 Å². The van der Waals surface area contributed by atoms with E-state index in [1.165, 1.54) is 12.8 Å². The van der Waals surface area contributed by atoms with Crippen molar-refractivity contribution in [3.8, 4) is 0 Å². The highest BCUT2D eigenvalue weighted by Gasteiger charge is 2.23. The number of hydrogen-bond acceptors (Lipinski definition) is 2. The van der Waals surface area contributed by atoms with Crippen LogP contribution in [0, 0.1) is 5.92 Å². The van der Waals surface area contributed by atoms with Crippen LogP contribution in [0.1, 0.15) is 19.8 Å². The topological polar surface area (TPSA) is 44.4 Å². The molecule has 1 fully saturated rings. The van der Waals surface area contributed by atoms with Gasteiger partial charge >= 0.3 is 6.03 Å². The van der Waals surface area contributed by atoms with Gasteiger partial charge in [0.25, 0.3) is 0 Å². The summed E-state index contributed by atoms with van der Waals surface area (Å²) in [4.78, 5) is 12.7. The zero-order valence-electron chi connectivity index (χ0n) is 9.34. The summed E-state index contributed by atoms with van der Waals surface area (Å²) in [5.74, 6) is 0.879. The third kappa shape index (κ3) is 3.54. The van der Waals surface area contributed by atoms with E-state index in [-0.39, 0.29) is 6.03 Å². The molecule has 82 valence electrons. The summed E-state index contributed by atoms with van der Waals surface area (Å²) in [7, 11) is 3.49. The summed E-state index contributed by atoms with van der Waals surface area (Å²) in [5.41, 5.74) is 0. The lowest BCUT2D eigenvalue weighted by atomic mass is 9.82. The molecule has 0 atom stereocenters. The molecule has 0 aromatic heterocycles. The van der Waals surface area contributed by atoms with Gasteiger partial charge in [-0.1, -0.05) is 6.92 Å². The van der Waals surface area contributed by atoms with Crippen molar-refractivity contribution in [2.45, 2.75) is 25.8 Å². The highest BCUT2D eigenvalue weighted by Crippen LogP contribution is 2.25. The third-order valence-electron chi connectivity index (χ3n) is 2.61. The molecule has 0 spiro atoms. The zero-order chi connectivity index (χ0) is 10.6. The smallest absolute Gasteiger partial charge is 0.316 e. The molecule has 0 bridgehead atoms. The molecule has 0 aliphatic heterocycles. The molecule has 4 heteroatoms. The Morgan fingerprint density at radius 3 is 2.50 bits per heavy atom. The quantitative estimate of drug-likeness (QED) is 0.653. The maximum Gasteiger partial charge on any atom is 0.316 e. The van der Waals surface area contributed by atoms with Gasteiger partial charge in [0.15, 0.2) is 0 Å². The predicted octanol–water partition coefficient (Wildman–Crippen LogP) is 0.646. The van der Waals surface area contributed by atoms with Crippen LogP contribution in [0.5, 0.6) is 0 Å². The summed E-state index contributed by atoms with van der Waals surface area (Å²) in [6.45, 7) is 3.85. The Morgan fingerprint density at radius 1 is 1.36 bits per heavy atom. The van der Waals surface area contributed by atoms with Crippen molar-refractivity contribution in [1.29, 1.82) is 0 Å². The van der Waals surface area contributed by atoms with E-state index in [9.17, 15) is 4.79 Å². The third-order valence-corrected chi connectivity index (χ3v) is 2.61. The van der Waals surface area contributed by atoms with Crippen LogP contribution in [-0.4, -0.2) is 44.2 Å². The van der Waals surface area contributed by atoms with Crippen LogP contribution >= 0.6 is 0 Å². The molecule has 0 unspecified atom stereocenters. The highest BCUT2D eigenvalue weighted by atomic mass is 16.2. The SMILES string of the molecule is CC1CC(NCCNC(=O)N(C)C)C1. The van der Waals surface area contributed by atoms with Crippen LogP contribution in [0.2, 0.25) is 0 Å². The van der Waals surface area contributed by atoms with E-state index in [2.05, 4.69) is 17.6 Å². The maximum atomic E-state index is 11.1. The Labute approximate surface area is 86.0 Å². The number of nitrogens with one attached hydrogen (secondary N) is 2. The number of hydrogen-bond donors (Lipinski definition) is 2. The average Bonchev–Trinajstić information content (AvgIpc) is 2.08. The van der Waals surface area contributed by atoms with Gasteiger partial charge in [0.1, 0.15) is 0 Å². The molecular weight excluding hydrogens is 178 g/mol. The van der Waals surface area contributed by atoms with Crippen molar-refractivity contribution in [2.75, 3.05) is 27.2 Å². The van der Waals surface area contributed by atoms with Gasteiger partial charge in [-0.15, -0.1) is 0 Å². The van der Waals surface area contributed by atoms with Gasteiger partial charge in [0.2, 0.25) is 0 Å². The molecule has 2 N–H and O–H groups in total. The lowest BCUT2D eigenvalue weighted by molar-refractivity contribution is 0.215. The first kappa shape index (κ1) is 11.3. The molecule has 0 radical (unpaired) electrons. The van der Waals surface area contributed by atoms with Gasteiger partial charge in [-0.2, -0.15) is 0 Å². The first-order valence-corrected chi connectivity index (χ1v) is 5.28. The molecule has 1 saturated carbocycles. The molecular formula is C10H21N3O. The summed E-state index contributed by atoms with van der Waals surface area (Å²) in [6.07, 6.45) is 2.56. The predicted molar refractivity (Wildman–Crippen MR) is 57.3 cm³/mol. The van der Waals surface area contributed by atoms with Crippen molar-refractivity contribution in [1.82, 2.24) is 15.5 Å². The van der Waals surface area contributed by atoms with Gasteiger partial charge in [0.05, 0.1) is 0 Å². The Bertz CT molecular complexity index is 188. The normalized spacial score (nSPS) is 25.4. The number of urea groups is 1. The fraction of sp³-hybridized carbons (Fsp3) is 0.900. The Morgan fingerprint density at radius 2 is 2.00 bits per heavy atom. The minimum absolute atomic E-state index is 0.0197. The molecule has 0 aromatic carbocycles.